The summed E-state index contributed by atoms with van der Waals surface area (Å²) in [5, 5.41) is 12.3. The number of halogens is 1. The van der Waals surface area contributed by atoms with Gasteiger partial charge in [-0.1, -0.05) is 25.4 Å². The summed E-state index contributed by atoms with van der Waals surface area (Å²) in [6, 6.07) is 4.98. The number of hydrogen-bond donors (Lipinski definition) is 2. The van der Waals surface area contributed by atoms with Crippen molar-refractivity contribution < 1.29 is 14.7 Å². The maximum atomic E-state index is 12.0. The number of aryl methyl sites for hydroxylation is 1. The van der Waals surface area contributed by atoms with E-state index in [1.54, 1.807) is 25.1 Å². The van der Waals surface area contributed by atoms with Crippen molar-refractivity contribution in [3.8, 4) is 0 Å². The molecule has 0 aliphatic heterocycles. The van der Waals surface area contributed by atoms with Crippen molar-refractivity contribution in [3.05, 3.63) is 34.3 Å². The molecule has 0 heterocycles. The van der Waals surface area contributed by atoms with Crippen molar-refractivity contribution in [1.29, 1.82) is 0 Å². The lowest BCUT2D eigenvalue weighted by Gasteiger charge is -2.17. The molecule has 2 N–H and O–H groups in total. The van der Waals surface area contributed by atoms with E-state index in [0.29, 0.717) is 10.6 Å². The Bertz CT molecular complexity index is 486. The minimum atomic E-state index is -0.900. The van der Waals surface area contributed by atoms with Gasteiger partial charge in [-0.15, -0.1) is 0 Å². The number of amides is 1. The highest BCUT2D eigenvalue weighted by Gasteiger charge is 2.22. The summed E-state index contributed by atoms with van der Waals surface area (Å²) in [6.07, 6.45) is 0. The summed E-state index contributed by atoms with van der Waals surface area (Å²) < 4.78 is 0. The van der Waals surface area contributed by atoms with Crippen LogP contribution in [0.2, 0.25) is 5.02 Å². The molecule has 0 aliphatic rings. The summed E-state index contributed by atoms with van der Waals surface area (Å²) >= 11 is 5.82. The molecule has 0 aromatic heterocycles. The minimum absolute atomic E-state index is 0.0379. The topological polar surface area (TPSA) is 66.4 Å². The van der Waals surface area contributed by atoms with Crippen LogP contribution >= 0.6 is 11.6 Å². The Hall–Kier alpha value is -1.55. The minimum Gasteiger partial charge on any atom is -0.481 e. The number of carbonyl (C=O) groups excluding carboxylic acids is 1. The van der Waals surface area contributed by atoms with Gasteiger partial charge >= 0.3 is 5.97 Å². The van der Waals surface area contributed by atoms with Crippen LogP contribution in [0.25, 0.3) is 0 Å². The summed E-state index contributed by atoms with van der Waals surface area (Å²) in [5.74, 6) is -1.80. The molecule has 4 nitrogen and oxygen atoms in total. The lowest BCUT2D eigenvalue weighted by molar-refractivity contribution is -0.142. The second-order valence-electron chi connectivity index (χ2n) is 4.86. The maximum absolute atomic E-state index is 12.0. The first-order chi connectivity index (χ1) is 8.82. The van der Waals surface area contributed by atoms with E-state index in [9.17, 15) is 9.59 Å². The molecule has 0 spiro atoms. The van der Waals surface area contributed by atoms with Gasteiger partial charge in [0, 0.05) is 17.1 Å². The van der Waals surface area contributed by atoms with Crippen LogP contribution in [0.15, 0.2) is 18.2 Å². The van der Waals surface area contributed by atoms with Crippen LogP contribution in [-0.4, -0.2) is 23.5 Å². The molecule has 19 heavy (non-hydrogen) atoms. The number of carboxylic acids is 1. The molecule has 5 heteroatoms. The van der Waals surface area contributed by atoms with Gasteiger partial charge < -0.3 is 10.4 Å². The van der Waals surface area contributed by atoms with E-state index >= 15 is 0 Å². The van der Waals surface area contributed by atoms with Gasteiger partial charge in [0.1, 0.15) is 0 Å². The number of carboxylic acid groups (broad SMARTS) is 1. The van der Waals surface area contributed by atoms with Gasteiger partial charge in [-0.05, 0) is 36.6 Å². The van der Waals surface area contributed by atoms with Crippen molar-refractivity contribution >= 4 is 23.5 Å². The van der Waals surface area contributed by atoms with E-state index in [2.05, 4.69) is 5.32 Å². The van der Waals surface area contributed by atoms with Gasteiger partial charge in [-0.3, -0.25) is 9.59 Å². The zero-order valence-corrected chi connectivity index (χ0v) is 12.0. The number of rotatable bonds is 5. The van der Waals surface area contributed by atoms with Crippen LogP contribution in [0.4, 0.5) is 0 Å². The Morgan fingerprint density at radius 1 is 1.37 bits per heavy atom. The normalized spacial score (nSPS) is 12.3. The second-order valence-corrected chi connectivity index (χ2v) is 5.29. The highest BCUT2D eigenvalue weighted by Crippen LogP contribution is 2.15. The van der Waals surface area contributed by atoms with E-state index in [0.717, 1.165) is 5.56 Å². The second kappa shape index (κ2) is 6.57. The summed E-state index contributed by atoms with van der Waals surface area (Å²) in [4.78, 5) is 23.0. The Morgan fingerprint density at radius 2 is 2.00 bits per heavy atom. The largest absolute Gasteiger partial charge is 0.481 e. The lowest BCUT2D eigenvalue weighted by atomic mass is 9.96. The fourth-order valence-corrected chi connectivity index (χ4v) is 2.01. The van der Waals surface area contributed by atoms with Crippen LogP contribution in [0.5, 0.6) is 0 Å². The Balaban J connectivity index is 2.72. The van der Waals surface area contributed by atoms with Crippen molar-refractivity contribution in [1.82, 2.24) is 5.32 Å². The fourth-order valence-electron chi connectivity index (χ4n) is 1.79. The molecule has 0 radical (unpaired) electrons. The Morgan fingerprint density at radius 3 is 2.47 bits per heavy atom. The van der Waals surface area contributed by atoms with Crippen molar-refractivity contribution in [3.63, 3.8) is 0 Å². The molecular weight excluding hydrogens is 266 g/mol. The molecule has 0 saturated carbocycles. The Labute approximate surface area is 117 Å². The molecule has 1 aromatic rings. The summed E-state index contributed by atoms with van der Waals surface area (Å²) in [6.45, 7) is 5.54. The van der Waals surface area contributed by atoms with Crippen LogP contribution in [0.1, 0.15) is 29.8 Å². The zero-order chi connectivity index (χ0) is 14.6. The molecule has 1 unspecified atom stereocenters. The highest BCUT2D eigenvalue weighted by atomic mass is 35.5. The van der Waals surface area contributed by atoms with Gasteiger partial charge in [0.25, 0.3) is 5.91 Å². The standard InChI is InChI=1S/C14H18ClNO3/c1-8(2)12(14(18)19)7-16-13(17)11-5-4-10(15)6-9(11)3/h4-6,8,12H,7H2,1-3H3,(H,16,17)(H,18,19). The fraction of sp³-hybridized carbons (Fsp3) is 0.429. The smallest absolute Gasteiger partial charge is 0.308 e. The first-order valence-electron chi connectivity index (χ1n) is 6.10. The predicted octanol–water partition coefficient (Wildman–Crippen LogP) is 2.74. The molecular formula is C14H18ClNO3. The monoisotopic (exact) mass is 283 g/mol. The van der Waals surface area contributed by atoms with E-state index in [-0.39, 0.29) is 18.4 Å². The molecule has 1 amide bonds. The average molecular weight is 284 g/mol. The first kappa shape index (κ1) is 15.5. The average Bonchev–Trinajstić information content (AvgIpc) is 2.27. The van der Waals surface area contributed by atoms with E-state index in [1.807, 2.05) is 13.8 Å². The molecule has 0 fully saturated rings. The van der Waals surface area contributed by atoms with Crippen LogP contribution in [0.3, 0.4) is 0 Å². The van der Waals surface area contributed by atoms with Crippen LogP contribution in [-0.2, 0) is 4.79 Å². The highest BCUT2D eigenvalue weighted by molar-refractivity contribution is 6.30. The van der Waals surface area contributed by atoms with Gasteiger partial charge in [0.15, 0.2) is 0 Å². The lowest BCUT2D eigenvalue weighted by Crippen LogP contribution is -2.35. The van der Waals surface area contributed by atoms with Gasteiger partial charge in [-0.25, -0.2) is 0 Å². The third-order valence-corrected chi connectivity index (χ3v) is 3.27. The van der Waals surface area contributed by atoms with Crippen molar-refractivity contribution in [2.75, 3.05) is 6.54 Å². The van der Waals surface area contributed by atoms with E-state index in [1.165, 1.54) is 0 Å². The summed E-state index contributed by atoms with van der Waals surface area (Å²) in [5.41, 5.74) is 1.28. The van der Waals surface area contributed by atoms with E-state index in [4.69, 9.17) is 16.7 Å². The number of carbonyl (C=O) groups is 2. The molecule has 0 saturated heterocycles. The molecule has 0 bridgehead atoms. The quantitative estimate of drug-likeness (QED) is 0.873. The Kier molecular flexibility index (Phi) is 5.36. The number of aliphatic carboxylic acids is 1. The van der Waals surface area contributed by atoms with Gasteiger partial charge in [0.05, 0.1) is 5.92 Å². The summed E-state index contributed by atoms with van der Waals surface area (Å²) in [7, 11) is 0. The molecule has 1 rings (SSSR count). The zero-order valence-electron chi connectivity index (χ0n) is 11.2. The number of nitrogens with one attached hydrogen (secondary N) is 1. The molecule has 104 valence electrons. The van der Waals surface area contributed by atoms with Gasteiger partial charge in [-0.2, -0.15) is 0 Å². The van der Waals surface area contributed by atoms with Gasteiger partial charge in [0.2, 0.25) is 0 Å². The maximum Gasteiger partial charge on any atom is 0.308 e. The van der Waals surface area contributed by atoms with Crippen molar-refractivity contribution in [2.45, 2.75) is 20.8 Å². The SMILES string of the molecule is Cc1cc(Cl)ccc1C(=O)NCC(C(=O)O)C(C)C. The first-order valence-corrected chi connectivity index (χ1v) is 6.48. The van der Waals surface area contributed by atoms with Crippen LogP contribution in [0, 0.1) is 18.8 Å². The molecule has 1 aromatic carbocycles. The predicted molar refractivity (Wildman–Crippen MR) is 74.5 cm³/mol. The number of benzene rings is 1. The van der Waals surface area contributed by atoms with Crippen LogP contribution < -0.4 is 5.32 Å². The van der Waals surface area contributed by atoms with E-state index < -0.39 is 11.9 Å². The third kappa shape index (κ3) is 4.24. The molecule has 0 aliphatic carbocycles. The third-order valence-electron chi connectivity index (χ3n) is 3.04. The van der Waals surface area contributed by atoms with Crippen molar-refractivity contribution in [2.24, 2.45) is 11.8 Å². The number of hydrogen-bond acceptors (Lipinski definition) is 2. The molecule has 1 atom stereocenters.